The van der Waals surface area contributed by atoms with Gasteiger partial charge in [0.1, 0.15) is 0 Å². The first kappa shape index (κ1) is 16.9. The minimum Gasteiger partial charge on any atom is -0.380 e. The van der Waals surface area contributed by atoms with Crippen molar-refractivity contribution in [1.29, 1.82) is 0 Å². The van der Waals surface area contributed by atoms with Crippen LogP contribution in [-0.2, 0) is 4.74 Å². The summed E-state index contributed by atoms with van der Waals surface area (Å²) in [4.78, 5) is 2.54. The molecule has 3 atom stereocenters. The van der Waals surface area contributed by atoms with Crippen LogP contribution in [0.2, 0.25) is 0 Å². The summed E-state index contributed by atoms with van der Waals surface area (Å²) in [5.41, 5.74) is 0. The Balaban J connectivity index is 2.12. The lowest BCUT2D eigenvalue weighted by molar-refractivity contribution is -0.00457. The molecule has 0 aromatic carbocycles. The Morgan fingerprint density at radius 3 is 2.63 bits per heavy atom. The molecule has 1 heterocycles. The molecule has 0 aromatic rings. The van der Waals surface area contributed by atoms with Gasteiger partial charge in [0.2, 0.25) is 0 Å². The van der Waals surface area contributed by atoms with E-state index in [2.05, 4.69) is 37.9 Å². The van der Waals surface area contributed by atoms with Gasteiger partial charge in [0.25, 0.3) is 0 Å². The molecule has 1 rings (SSSR count). The second-order valence-electron chi connectivity index (χ2n) is 6.67. The molecule has 0 spiro atoms. The van der Waals surface area contributed by atoms with Crippen molar-refractivity contribution in [3.63, 3.8) is 0 Å². The normalized spacial score (nSPS) is 26.8. The summed E-state index contributed by atoms with van der Waals surface area (Å²) in [5, 5.41) is 3.65. The van der Waals surface area contributed by atoms with Gasteiger partial charge in [-0.25, -0.2) is 0 Å². The first-order valence-electron chi connectivity index (χ1n) is 8.01. The van der Waals surface area contributed by atoms with Gasteiger partial charge in [0.05, 0.1) is 6.10 Å². The van der Waals surface area contributed by atoms with Crippen molar-refractivity contribution in [2.75, 3.05) is 33.3 Å². The molecule has 1 fully saturated rings. The molecule has 3 unspecified atom stereocenters. The Labute approximate surface area is 120 Å². The summed E-state index contributed by atoms with van der Waals surface area (Å²) in [6, 6.07) is 0.643. The number of nitrogens with zero attached hydrogens (tertiary/aromatic N) is 1. The van der Waals surface area contributed by atoms with E-state index in [9.17, 15) is 0 Å². The minimum absolute atomic E-state index is 0.423. The topological polar surface area (TPSA) is 24.5 Å². The number of methoxy groups -OCH3 is 1. The van der Waals surface area contributed by atoms with Crippen LogP contribution in [0.3, 0.4) is 0 Å². The zero-order chi connectivity index (χ0) is 14.3. The van der Waals surface area contributed by atoms with Crippen LogP contribution in [0.4, 0.5) is 0 Å². The third kappa shape index (κ3) is 6.73. The number of piperidine rings is 1. The van der Waals surface area contributed by atoms with Crippen LogP contribution in [0.1, 0.15) is 47.0 Å². The predicted molar refractivity (Wildman–Crippen MR) is 82.6 cm³/mol. The van der Waals surface area contributed by atoms with Crippen LogP contribution in [0.15, 0.2) is 0 Å². The highest BCUT2D eigenvalue weighted by Gasteiger charge is 2.25. The van der Waals surface area contributed by atoms with Crippen molar-refractivity contribution >= 4 is 0 Å². The average Bonchev–Trinajstić information content (AvgIpc) is 2.38. The van der Waals surface area contributed by atoms with Crippen LogP contribution in [0, 0.1) is 11.8 Å². The van der Waals surface area contributed by atoms with E-state index in [1.165, 1.54) is 25.8 Å². The molecule has 0 aliphatic carbocycles. The number of hydrogen-bond donors (Lipinski definition) is 1. The monoisotopic (exact) mass is 270 g/mol. The fourth-order valence-electron chi connectivity index (χ4n) is 2.76. The molecule has 3 nitrogen and oxygen atoms in total. The lowest BCUT2D eigenvalue weighted by Crippen LogP contribution is -2.46. The van der Waals surface area contributed by atoms with E-state index in [4.69, 9.17) is 4.74 Å². The largest absolute Gasteiger partial charge is 0.380 e. The Morgan fingerprint density at radius 1 is 1.26 bits per heavy atom. The second-order valence-corrected chi connectivity index (χ2v) is 6.67. The van der Waals surface area contributed by atoms with E-state index in [1.807, 2.05) is 7.11 Å². The van der Waals surface area contributed by atoms with Gasteiger partial charge >= 0.3 is 0 Å². The fourth-order valence-corrected chi connectivity index (χ4v) is 2.76. The van der Waals surface area contributed by atoms with E-state index in [0.717, 1.165) is 25.6 Å². The van der Waals surface area contributed by atoms with Gasteiger partial charge in [0.15, 0.2) is 0 Å². The number of rotatable bonds is 8. The molecule has 114 valence electrons. The third-order valence-electron chi connectivity index (χ3n) is 4.37. The second kappa shape index (κ2) is 8.93. The summed E-state index contributed by atoms with van der Waals surface area (Å²) in [5.74, 6) is 1.52. The van der Waals surface area contributed by atoms with E-state index in [1.54, 1.807) is 0 Å². The summed E-state index contributed by atoms with van der Waals surface area (Å²) in [6.45, 7) is 13.8. The molecule has 0 bridgehead atoms. The van der Waals surface area contributed by atoms with Crippen molar-refractivity contribution in [2.24, 2.45) is 11.8 Å². The van der Waals surface area contributed by atoms with Gasteiger partial charge in [-0.3, -0.25) is 4.90 Å². The molecule has 1 aliphatic rings. The van der Waals surface area contributed by atoms with Gasteiger partial charge in [-0.05, 0) is 44.6 Å². The van der Waals surface area contributed by atoms with E-state index < -0.39 is 0 Å². The average molecular weight is 270 g/mol. The Bertz CT molecular complexity index is 233. The number of likely N-dealkylation sites (tertiary alicyclic amines) is 1. The highest BCUT2D eigenvalue weighted by Crippen LogP contribution is 2.18. The molecule has 1 aliphatic heterocycles. The fraction of sp³-hybridized carbons (Fsp3) is 1.00. The zero-order valence-corrected chi connectivity index (χ0v) is 13.6. The molecule has 0 aromatic heterocycles. The number of hydrogen-bond acceptors (Lipinski definition) is 3. The smallest absolute Gasteiger partial charge is 0.0724 e. The molecular formula is C16H34N2O. The quantitative estimate of drug-likeness (QED) is 0.734. The van der Waals surface area contributed by atoms with Gasteiger partial charge in [0, 0.05) is 32.8 Å². The summed E-state index contributed by atoms with van der Waals surface area (Å²) in [7, 11) is 1.84. The van der Waals surface area contributed by atoms with Gasteiger partial charge in [-0.1, -0.05) is 20.8 Å². The summed E-state index contributed by atoms with van der Waals surface area (Å²) < 4.78 is 5.56. The predicted octanol–water partition coefficient (Wildman–Crippen LogP) is 2.76. The van der Waals surface area contributed by atoms with Crippen molar-refractivity contribution in [3.8, 4) is 0 Å². The standard InChI is InChI=1S/C16H34N2O/c1-13(2)6-7-15(4)17-9-11-18-10-8-14(3)16(12-18)19-5/h13-17H,6-12H2,1-5H3. The van der Waals surface area contributed by atoms with Crippen molar-refractivity contribution in [1.82, 2.24) is 10.2 Å². The maximum Gasteiger partial charge on any atom is 0.0724 e. The van der Waals surface area contributed by atoms with Gasteiger partial charge < -0.3 is 10.1 Å². The molecule has 1 saturated heterocycles. The van der Waals surface area contributed by atoms with Crippen molar-refractivity contribution in [2.45, 2.75) is 59.1 Å². The lowest BCUT2D eigenvalue weighted by atomic mass is 9.96. The first-order chi connectivity index (χ1) is 9.02. The molecule has 19 heavy (non-hydrogen) atoms. The molecule has 0 saturated carbocycles. The maximum atomic E-state index is 5.56. The highest BCUT2D eigenvalue weighted by atomic mass is 16.5. The molecule has 0 radical (unpaired) electrons. The minimum atomic E-state index is 0.423. The van der Waals surface area contributed by atoms with Gasteiger partial charge in [-0.15, -0.1) is 0 Å². The number of ether oxygens (including phenoxy) is 1. The number of nitrogens with one attached hydrogen (secondary N) is 1. The highest BCUT2D eigenvalue weighted by molar-refractivity contribution is 4.79. The van der Waals surface area contributed by atoms with E-state index >= 15 is 0 Å². The summed E-state index contributed by atoms with van der Waals surface area (Å²) >= 11 is 0. The van der Waals surface area contributed by atoms with Gasteiger partial charge in [-0.2, -0.15) is 0 Å². The molecular weight excluding hydrogens is 236 g/mol. The Morgan fingerprint density at radius 2 is 2.00 bits per heavy atom. The summed E-state index contributed by atoms with van der Waals surface area (Å²) in [6.07, 6.45) is 4.30. The molecule has 3 heteroatoms. The Kier molecular flexibility index (Phi) is 7.96. The van der Waals surface area contributed by atoms with Crippen molar-refractivity contribution in [3.05, 3.63) is 0 Å². The SMILES string of the molecule is COC1CN(CCNC(C)CCC(C)C)CCC1C. The molecule has 1 N–H and O–H groups in total. The van der Waals surface area contributed by atoms with Crippen LogP contribution in [-0.4, -0.2) is 50.3 Å². The zero-order valence-electron chi connectivity index (χ0n) is 13.6. The Hall–Kier alpha value is -0.120. The van der Waals surface area contributed by atoms with E-state index in [0.29, 0.717) is 18.1 Å². The first-order valence-corrected chi connectivity index (χ1v) is 8.01. The maximum absolute atomic E-state index is 5.56. The van der Waals surface area contributed by atoms with Crippen molar-refractivity contribution < 1.29 is 4.74 Å². The molecule has 0 amide bonds. The van der Waals surface area contributed by atoms with Crippen LogP contribution in [0.25, 0.3) is 0 Å². The lowest BCUT2D eigenvalue weighted by Gasteiger charge is -2.36. The third-order valence-corrected chi connectivity index (χ3v) is 4.37. The van der Waals surface area contributed by atoms with Crippen LogP contribution >= 0.6 is 0 Å². The van der Waals surface area contributed by atoms with Crippen LogP contribution < -0.4 is 5.32 Å². The van der Waals surface area contributed by atoms with Crippen LogP contribution in [0.5, 0.6) is 0 Å². The van der Waals surface area contributed by atoms with E-state index in [-0.39, 0.29) is 0 Å².